The van der Waals surface area contributed by atoms with E-state index >= 15 is 0 Å². The van der Waals surface area contributed by atoms with E-state index in [0.717, 1.165) is 37.1 Å². The summed E-state index contributed by atoms with van der Waals surface area (Å²) in [7, 11) is -1.51. The van der Waals surface area contributed by atoms with Gasteiger partial charge in [-0.25, -0.2) is 8.42 Å². The van der Waals surface area contributed by atoms with Gasteiger partial charge in [-0.15, -0.1) is 0 Å². The summed E-state index contributed by atoms with van der Waals surface area (Å²) in [5.41, 5.74) is 1.79. The predicted octanol–water partition coefficient (Wildman–Crippen LogP) is 1.61. The Kier molecular flexibility index (Phi) is 5.46. The third-order valence-corrected chi connectivity index (χ3v) is 7.24. The number of piperidine rings is 1. The Morgan fingerprint density at radius 3 is 2.60 bits per heavy atom. The number of hydrogen-bond acceptors (Lipinski definition) is 4. The molecule has 2 heterocycles. The molecule has 2 aliphatic rings. The molecular formula is C18H27N3O3S. The van der Waals surface area contributed by atoms with Crippen LogP contribution in [-0.4, -0.2) is 51.9 Å². The van der Waals surface area contributed by atoms with E-state index in [9.17, 15) is 13.2 Å². The molecule has 138 valence electrons. The molecule has 0 aliphatic carbocycles. The van der Waals surface area contributed by atoms with Crippen LogP contribution < -0.4 is 10.2 Å². The molecule has 0 unspecified atom stereocenters. The molecule has 1 N–H and O–H groups in total. The van der Waals surface area contributed by atoms with Gasteiger partial charge in [0.2, 0.25) is 15.9 Å². The molecule has 1 saturated heterocycles. The lowest BCUT2D eigenvalue weighted by atomic mass is 9.95. The first-order chi connectivity index (χ1) is 11.9. The minimum atomic E-state index is -3.45. The summed E-state index contributed by atoms with van der Waals surface area (Å²) >= 11 is 0. The molecule has 0 radical (unpaired) electrons. The summed E-state index contributed by atoms with van der Waals surface area (Å²) in [6, 6.07) is 5.17. The van der Waals surface area contributed by atoms with Crippen LogP contribution in [0.4, 0.5) is 5.69 Å². The van der Waals surface area contributed by atoms with E-state index in [2.05, 4.69) is 5.32 Å². The average molecular weight is 365 g/mol. The fourth-order valence-corrected chi connectivity index (χ4v) is 5.32. The molecule has 0 aromatic heterocycles. The highest BCUT2D eigenvalue weighted by Gasteiger charge is 2.31. The lowest BCUT2D eigenvalue weighted by Crippen LogP contribution is -2.38. The van der Waals surface area contributed by atoms with Crippen molar-refractivity contribution < 1.29 is 13.2 Å². The van der Waals surface area contributed by atoms with Crippen LogP contribution in [0.1, 0.15) is 31.7 Å². The number of rotatable bonds is 5. The summed E-state index contributed by atoms with van der Waals surface area (Å²) in [4.78, 5) is 13.7. The number of carbonyl (C=O) groups is 1. The van der Waals surface area contributed by atoms with Crippen molar-refractivity contribution in [3.63, 3.8) is 0 Å². The van der Waals surface area contributed by atoms with Gasteiger partial charge in [-0.3, -0.25) is 4.79 Å². The third-order valence-electron chi connectivity index (χ3n) is 5.34. The second-order valence-corrected chi connectivity index (χ2v) is 8.89. The van der Waals surface area contributed by atoms with Crippen molar-refractivity contribution in [2.45, 2.75) is 37.5 Å². The van der Waals surface area contributed by atoms with E-state index in [1.165, 1.54) is 6.92 Å². The summed E-state index contributed by atoms with van der Waals surface area (Å²) in [5, 5.41) is 3.16. The number of carbonyl (C=O) groups excluding carboxylic acids is 1. The molecular weight excluding hydrogens is 338 g/mol. The summed E-state index contributed by atoms with van der Waals surface area (Å²) in [6.07, 6.45) is 3.66. The van der Waals surface area contributed by atoms with Gasteiger partial charge in [0.05, 0.1) is 4.90 Å². The van der Waals surface area contributed by atoms with Crippen LogP contribution in [0.3, 0.4) is 0 Å². The van der Waals surface area contributed by atoms with Crippen molar-refractivity contribution in [1.82, 2.24) is 9.62 Å². The third kappa shape index (κ3) is 3.73. The predicted molar refractivity (Wildman–Crippen MR) is 98.2 cm³/mol. The zero-order valence-corrected chi connectivity index (χ0v) is 15.8. The smallest absolute Gasteiger partial charge is 0.243 e. The molecule has 25 heavy (non-hydrogen) atoms. The molecule has 2 aliphatic heterocycles. The highest BCUT2D eigenvalue weighted by atomic mass is 32.2. The molecule has 1 aromatic rings. The van der Waals surface area contributed by atoms with Gasteiger partial charge in [0.25, 0.3) is 0 Å². The van der Waals surface area contributed by atoms with Crippen molar-refractivity contribution in [3.05, 3.63) is 23.8 Å². The Morgan fingerprint density at radius 1 is 1.24 bits per heavy atom. The van der Waals surface area contributed by atoms with E-state index in [-0.39, 0.29) is 5.91 Å². The molecule has 1 aromatic carbocycles. The number of fused-ring (bicyclic) bond motifs is 1. The van der Waals surface area contributed by atoms with E-state index in [1.54, 1.807) is 27.4 Å². The Hall–Kier alpha value is -1.44. The van der Waals surface area contributed by atoms with E-state index in [4.69, 9.17) is 0 Å². The molecule has 7 heteroatoms. The van der Waals surface area contributed by atoms with E-state index < -0.39 is 10.0 Å². The number of anilines is 1. The number of benzene rings is 1. The summed E-state index contributed by atoms with van der Waals surface area (Å²) < 4.78 is 27.5. The quantitative estimate of drug-likeness (QED) is 0.861. The normalized spacial score (nSPS) is 19.2. The summed E-state index contributed by atoms with van der Waals surface area (Å²) in [6.45, 7) is 4.33. The highest BCUT2D eigenvalue weighted by molar-refractivity contribution is 7.89. The van der Waals surface area contributed by atoms with Crippen molar-refractivity contribution in [1.29, 1.82) is 0 Å². The number of nitrogens with one attached hydrogen (secondary N) is 1. The van der Waals surface area contributed by atoms with Crippen molar-refractivity contribution >= 4 is 21.6 Å². The van der Waals surface area contributed by atoms with Crippen LogP contribution >= 0.6 is 0 Å². The average Bonchev–Trinajstić information content (AvgIpc) is 3.03. The Labute approximate surface area is 150 Å². The molecule has 0 spiro atoms. The summed E-state index contributed by atoms with van der Waals surface area (Å²) in [5.74, 6) is 0.598. The minimum Gasteiger partial charge on any atom is -0.320 e. The number of amides is 1. The van der Waals surface area contributed by atoms with Crippen LogP contribution in [0, 0.1) is 5.92 Å². The minimum absolute atomic E-state index is 0.00185. The van der Waals surface area contributed by atoms with Gasteiger partial charge >= 0.3 is 0 Å². The van der Waals surface area contributed by atoms with Gasteiger partial charge in [-0.2, -0.15) is 4.31 Å². The van der Waals surface area contributed by atoms with Gasteiger partial charge < -0.3 is 10.2 Å². The molecule has 6 nitrogen and oxygen atoms in total. The lowest BCUT2D eigenvalue weighted by molar-refractivity contribution is -0.116. The fraction of sp³-hybridized carbons (Fsp3) is 0.611. The monoisotopic (exact) mass is 365 g/mol. The number of nitrogens with zero attached hydrogens (tertiary/aromatic N) is 2. The first-order valence-electron chi connectivity index (χ1n) is 8.99. The zero-order valence-electron chi connectivity index (χ0n) is 15.0. The van der Waals surface area contributed by atoms with Crippen molar-refractivity contribution in [2.24, 2.45) is 5.92 Å². The zero-order chi connectivity index (χ0) is 18.0. The molecule has 0 saturated carbocycles. The van der Waals surface area contributed by atoms with Gasteiger partial charge in [0.15, 0.2) is 0 Å². The highest BCUT2D eigenvalue weighted by Crippen LogP contribution is 2.32. The second-order valence-electron chi connectivity index (χ2n) is 6.95. The van der Waals surface area contributed by atoms with Crippen LogP contribution in [0.15, 0.2) is 23.1 Å². The SMILES string of the molecule is CNCCC1CCN(S(=O)(=O)c2ccc3c(c2)CCN3C(C)=O)CC1. The van der Waals surface area contributed by atoms with Crippen LogP contribution in [0.2, 0.25) is 0 Å². The molecule has 0 atom stereocenters. The lowest BCUT2D eigenvalue weighted by Gasteiger charge is -2.31. The fourth-order valence-electron chi connectivity index (χ4n) is 3.80. The molecule has 1 amide bonds. The van der Waals surface area contributed by atoms with Crippen molar-refractivity contribution in [3.8, 4) is 0 Å². The van der Waals surface area contributed by atoms with Gasteiger partial charge in [-0.1, -0.05) is 0 Å². The Morgan fingerprint density at radius 2 is 1.96 bits per heavy atom. The first kappa shape index (κ1) is 18.4. The molecule has 1 fully saturated rings. The first-order valence-corrected chi connectivity index (χ1v) is 10.4. The maximum atomic E-state index is 13.0. The standard InChI is InChI=1S/C18H27N3O3S/c1-14(22)21-12-8-16-13-17(3-4-18(16)21)25(23,24)20-10-6-15(7-11-20)5-9-19-2/h3-4,13,15,19H,5-12H2,1-2H3. The van der Waals surface area contributed by atoms with E-state index in [1.807, 2.05) is 7.05 Å². The second kappa shape index (κ2) is 7.43. The number of sulfonamides is 1. The van der Waals surface area contributed by atoms with Crippen LogP contribution in [-0.2, 0) is 21.2 Å². The van der Waals surface area contributed by atoms with Gasteiger partial charge in [-0.05, 0) is 69.0 Å². The van der Waals surface area contributed by atoms with Gasteiger partial charge in [0, 0.05) is 32.2 Å². The van der Waals surface area contributed by atoms with E-state index in [0.29, 0.717) is 36.9 Å². The Balaban J connectivity index is 1.73. The van der Waals surface area contributed by atoms with Crippen LogP contribution in [0.5, 0.6) is 0 Å². The van der Waals surface area contributed by atoms with Crippen LogP contribution in [0.25, 0.3) is 0 Å². The molecule has 3 rings (SSSR count). The largest absolute Gasteiger partial charge is 0.320 e. The van der Waals surface area contributed by atoms with Crippen molar-refractivity contribution in [2.75, 3.05) is 38.1 Å². The maximum absolute atomic E-state index is 13.0. The topological polar surface area (TPSA) is 69.7 Å². The number of hydrogen-bond donors (Lipinski definition) is 1. The maximum Gasteiger partial charge on any atom is 0.243 e. The molecule has 0 bridgehead atoms. The Bertz CT molecular complexity index is 740. The van der Waals surface area contributed by atoms with Gasteiger partial charge in [0.1, 0.15) is 0 Å².